The molecule has 0 radical (unpaired) electrons. The number of hydrogen-bond acceptors (Lipinski definition) is 3. The van der Waals surface area contributed by atoms with Crippen molar-refractivity contribution in [2.75, 3.05) is 11.1 Å². The van der Waals surface area contributed by atoms with Crippen LogP contribution in [0.5, 0.6) is 0 Å². The normalized spacial score (nSPS) is 13.3. The van der Waals surface area contributed by atoms with Gasteiger partial charge >= 0.3 is 0 Å². The fourth-order valence-electron chi connectivity index (χ4n) is 2.48. The fraction of sp³-hybridized carbons (Fsp3) is 0.300. The monoisotopic (exact) mass is 432 g/mol. The Kier molecular flexibility index (Phi) is 6.04. The van der Waals surface area contributed by atoms with Crippen LogP contribution in [0.15, 0.2) is 45.8 Å². The number of hydrogen-bond donors (Lipinski definition) is 2. The molecule has 3 rings (SSSR count). The molecule has 0 heterocycles. The maximum absolute atomic E-state index is 12.3. The van der Waals surface area contributed by atoms with Crippen LogP contribution in [0, 0.1) is 13.8 Å². The molecule has 1 aliphatic rings. The number of amides is 2. The molecule has 4 nitrogen and oxygen atoms in total. The number of benzene rings is 2. The summed E-state index contributed by atoms with van der Waals surface area (Å²) in [7, 11) is 0. The lowest BCUT2D eigenvalue weighted by molar-refractivity contribution is -0.113. The zero-order valence-corrected chi connectivity index (χ0v) is 17.2. The van der Waals surface area contributed by atoms with Gasteiger partial charge in [-0.05, 0) is 68.1 Å². The maximum atomic E-state index is 12.3. The van der Waals surface area contributed by atoms with Gasteiger partial charge in [-0.15, -0.1) is 11.8 Å². The molecule has 0 saturated heterocycles. The Hall–Kier alpha value is -1.79. The maximum Gasteiger partial charge on any atom is 0.251 e. The van der Waals surface area contributed by atoms with Crippen molar-refractivity contribution >= 4 is 45.2 Å². The molecule has 2 amide bonds. The first-order valence-electron chi connectivity index (χ1n) is 8.52. The van der Waals surface area contributed by atoms with E-state index in [2.05, 4.69) is 38.7 Å². The first-order valence-corrected chi connectivity index (χ1v) is 10.3. The SMILES string of the molecule is Cc1cc(SCC(=O)Nc2cccc(C(=O)NC3CC3)c2)c(C)cc1Br. The van der Waals surface area contributed by atoms with E-state index < -0.39 is 0 Å². The van der Waals surface area contributed by atoms with Crippen LogP contribution in [0.3, 0.4) is 0 Å². The van der Waals surface area contributed by atoms with Crippen molar-refractivity contribution in [3.8, 4) is 0 Å². The molecule has 1 fully saturated rings. The van der Waals surface area contributed by atoms with Gasteiger partial charge in [0.05, 0.1) is 5.75 Å². The number of nitrogens with one attached hydrogen (secondary N) is 2. The largest absolute Gasteiger partial charge is 0.349 e. The minimum atomic E-state index is -0.0882. The van der Waals surface area contributed by atoms with Gasteiger partial charge in [-0.2, -0.15) is 0 Å². The summed E-state index contributed by atoms with van der Waals surface area (Å²) in [4.78, 5) is 25.5. The summed E-state index contributed by atoms with van der Waals surface area (Å²) in [5, 5.41) is 5.83. The zero-order valence-electron chi connectivity index (χ0n) is 14.8. The van der Waals surface area contributed by atoms with Crippen molar-refractivity contribution in [3.63, 3.8) is 0 Å². The number of aryl methyl sites for hydroxylation is 2. The molecule has 1 aliphatic carbocycles. The molecule has 2 aromatic rings. The number of thioether (sulfide) groups is 1. The van der Waals surface area contributed by atoms with Gasteiger partial charge in [0.1, 0.15) is 0 Å². The molecular weight excluding hydrogens is 412 g/mol. The highest BCUT2D eigenvalue weighted by molar-refractivity contribution is 9.10. The predicted octanol–water partition coefficient (Wildman–Crippen LogP) is 4.69. The van der Waals surface area contributed by atoms with Crippen molar-refractivity contribution in [1.29, 1.82) is 0 Å². The van der Waals surface area contributed by atoms with Crippen LogP contribution in [-0.4, -0.2) is 23.6 Å². The molecule has 0 bridgehead atoms. The molecule has 2 N–H and O–H groups in total. The number of carbonyl (C=O) groups is 2. The highest BCUT2D eigenvalue weighted by Gasteiger charge is 2.23. The molecule has 0 aromatic heterocycles. The molecule has 1 saturated carbocycles. The van der Waals surface area contributed by atoms with E-state index in [1.54, 1.807) is 24.3 Å². The number of anilines is 1. The third-order valence-corrected chi connectivity index (χ3v) is 6.15. The molecule has 2 aromatic carbocycles. The molecule has 0 atom stereocenters. The Morgan fingerprint density at radius 3 is 2.65 bits per heavy atom. The van der Waals surface area contributed by atoms with E-state index in [-0.39, 0.29) is 11.8 Å². The third-order valence-electron chi connectivity index (χ3n) is 4.14. The Morgan fingerprint density at radius 2 is 1.92 bits per heavy atom. The van der Waals surface area contributed by atoms with Gasteiger partial charge < -0.3 is 10.6 Å². The summed E-state index contributed by atoms with van der Waals surface area (Å²) in [5.74, 6) is 0.147. The Morgan fingerprint density at radius 1 is 1.15 bits per heavy atom. The molecule has 136 valence electrons. The quantitative estimate of drug-likeness (QED) is 0.650. The summed E-state index contributed by atoms with van der Waals surface area (Å²) >= 11 is 5.03. The van der Waals surface area contributed by atoms with Gasteiger partial charge in [0.2, 0.25) is 5.91 Å². The van der Waals surface area contributed by atoms with Crippen LogP contribution >= 0.6 is 27.7 Å². The Balaban J connectivity index is 1.58. The minimum absolute atomic E-state index is 0.0843. The summed E-state index contributed by atoms with van der Waals surface area (Å²) in [6.07, 6.45) is 2.10. The van der Waals surface area contributed by atoms with Gasteiger partial charge in [0.15, 0.2) is 0 Å². The van der Waals surface area contributed by atoms with Crippen LogP contribution in [0.25, 0.3) is 0 Å². The zero-order chi connectivity index (χ0) is 18.7. The van der Waals surface area contributed by atoms with E-state index in [0.717, 1.165) is 33.3 Å². The highest BCUT2D eigenvalue weighted by atomic mass is 79.9. The lowest BCUT2D eigenvalue weighted by Crippen LogP contribution is -2.25. The second-order valence-electron chi connectivity index (χ2n) is 6.53. The van der Waals surface area contributed by atoms with Crippen LogP contribution in [-0.2, 0) is 4.79 Å². The lowest BCUT2D eigenvalue weighted by Gasteiger charge is -2.10. The van der Waals surface area contributed by atoms with E-state index in [1.165, 1.54) is 11.8 Å². The molecular formula is C20H21BrN2O2S. The number of halogens is 1. The van der Waals surface area contributed by atoms with Crippen molar-refractivity contribution in [1.82, 2.24) is 5.32 Å². The highest BCUT2D eigenvalue weighted by Crippen LogP contribution is 2.28. The molecule has 0 unspecified atom stereocenters. The lowest BCUT2D eigenvalue weighted by atomic mass is 10.2. The molecule has 26 heavy (non-hydrogen) atoms. The Labute approximate surface area is 166 Å². The van der Waals surface area contributed by atoms with Crippen LogP contribution in [0.4, 0.5) is 5.69 Å². The van der Waals surface area contributed by atoms with Gasteiger partial charge in [0.25, 0.3) is 5.91 Å². The van der Waals surface area contributed by atoms with Crippen molar-refractivity contribution in [2.24, 2.45) is 0 Å². The third kappa shape index (κ3) is 5.11. The van der Waals surface area contributed by atoms with Gasteiger partial charge in [-0.25, -0.2) is 0 Å². The van der Waals surface area contributed by atoms with Crippen molar-refractivity contribution in [3.05, 3.63) is 57.6 Å². The first kappa shape index (κ1) is 19.0. The summed E-state index contributed by atoms with van der Waals surface area (Å²) < 4.78 is 1.07. The fourth-order valence-corrected chi connectivity index (χ4v) is 3.85. The van der Waals surface area contributed by atoms with Crippen molar-refractivity contribution < 1.29 is 9.59 Å². The van der Waals surface area contributed by atoms with Gasteiger partial charge in [0, 0.05) is 26.7 Å². The average molecular weight is 433 g/mol. The summed E-state index contributed by atoms with van der Waals surface area (Å²) in [6.45, 7) is 4.07. The van der Waals surface area contributed by atoms with E-state index in [1.807, 2.05) is 13.8 Å². The number of carbonyl (C=O) groups excluding carboxylic acids is 2. The minimum Gasteiger partial charge on any atom is -0.349 e. The molecule has 6 heteroatoms. The van der Waals surface area contributed by atoms with E-state index in [9.17, 15) is 9.59 Å². The van der Waals surface area contributed by atoms with E-state index in [0.29, 0.717) is 23.0 Å². The average Bonchev–Trinajstić information content (AvgIpc) is 3.41. The number of rotatable bonds is 6. The van der Waals surface area contributed by atoms with E-state index in [4.69, 9.17) is 0 Å². The van der Waals surface area contributed by atoms with Crippen LogP contribution < -0.4 is 10.6 Å². The molecule has 0 aliphatic heterocycles. The second kappa shape index (κ2) is 8.27. The second-order valence-corrected chi connectivity index (χ2v) is 8.40. The smallest absolute Gasteiger partial charge is 0.251 e. The van der Waals surface area contributed by atoms with Gasteiger partial charge in [-0.3, -0.25) is 9.59 Å². The first-order chi connectivity index (χ1) is 12.4. The van der Waals surface area contributed by atoms with Crippen LogP contribution in [0.1, 0.15) is 34.3 Å². The predicted molar refractivity (Wildman–Crippen MR) is 110 cm³/mol. The molecule has 0 spiro atoms. The standard InChI is InChI=1S/C20H21BrN2O2S/c1-12-9-18(13(2)8-17(12)21)26-11-19(24)22-16-5-3-4-14(10-16)20(25)23-15-6-7-15/h3-5,8-10,15H,6-7,11H2,1-2H3,(H,22,24)(H,23,25). The van der Waals surface area contributed by atoms with Crippen molar-refractivity contribution in [2.45, 2.75) is 37.6 Å². The van der Waals surface area contributed by atoms with Crippen LogP contribution in [0.2, 0.25) is 0 Å². The van der Waals surface area contributed by atoms with E-state index >= 15 is 0 Å². The topological polar surface area (TPSA) is 58.2 Å². The van der Waals surface area contributed by atoms with Gasteiger partial charge in [-0.1, -0.05) is 22.0 Å². The summed E-state index contributed by atoms with van der Waals surface area (Å²) in [6, 6.07) is 11.5. The Bertz CT molecular complexity index is 850. The summed E-state index contributed by atoms with van der Waals surface area (Å²) in [5.41, 5.74) is 3.50.